The van der Waals surface area contributed by atoms with E-state index in [-0.39, 0.29) is 30.8 Å². The van der Waals surface area contributed by atoms with Gasteiger partial charge in [-0.3, -0.25) is 14.4 Å². The number of oxazole rings is 1. The number of nitrogens with zero attached hydrogens (tertiary/aromatic N) is 2. The third-order valence-corrected chi connectivity index (χ3v) is 4.49. The molecule has 1 aromatic heterocycles. The molecule has 2 amide bonds. The van der Waals surface area contributed by atoms with Crippen molar-refractivity contribution in [3.8, 4) is 0 Å². The maximum atomic E-state index is 12.1. The van der Waals surface area contributed by atoms with Crippen LogP contribution in [0.15, 0.2) is 28.7 Å². The van der Waals surface area contributed by atoms with Crippen LogP contribution in [-0.2, 0) is 25.5 Å². The van der Waals surface area contributed by atoms with E-state index in [1.54, 1.807) is 4.90 Å². The number of aryl methyl sites for hydroxylation is 1. The van der Waals surface area contributed by atoms with Crippen molar-refractivity contribution < 1.29 is 23.5 Å². The SMILES string of the molecule is NC(=O)C1CCN(C(=O)COC(=O)CCc2nc3ccccc3o2)CC1. The molecule has 2 N–H and O–H groups in total. The van der Waals surface area contributed by atoms with Crippen molar-refractivity contribution in [2.45, 2.75) is 25.7 Å². The molecule has 138 valence electrons. The molecule has 8 nitrogen and oxygen atoms in total. The molecule has 8 heteroatoms. The van der Waals surface area contributed by atoms with Crippen molar-refractivity contribution in [3.05, 3.63) is 30.2 Å². The summed E-state index contributed by atoms with van der Waals surface area (Å²) < 4.78 is 10.6. The zero-order valence-corrected chi connectivity index (χ0v) is 14.3. The summed E-state index contributed by atoms with van der Waals surface area (Å²) in [7, 11) is 0. The van der Waals surface area contributed by atoms with Crippen molar-refractivity contribution >= 4 is 28.9 Å². The summed E-state index contributed by atoms with van der Waals surface area (Å²) in [5.74, 6) is -0.792. The van der Waals surface area contributed by atoms with Crippen LogP contribution in [0.2, 0.25) is 0 Å². The second kappa shape index (κ2) is 7.99. The highest BCUT2D eigenvalue weighted by atomic mass is 16.5. The average molecular weight is 359 g/mol. The van der Waals surface area contributed by atoms with Gasteiger partial charge in [0, 0.05) is 25.4 Å². The third-order valence-electron chi connectivity index (χ3n) is 4.49. The number of esters is 1. The molecule has 0 spiro atoms. The van der Waals surface area contributed by atoms with E-state index in [1.807, 2.05) is 24.3 Å². The number of piperidine rings is 1. The number of aromatic nitrogens is 1. The average Bonchev–Trinajstić information content (AvgIpc) is 3.07. The lowest BCUT2D eigenvalue weighted by atomic mass is 9.96. The standard InChI is InChI=1S/C18H21N3O5/c19-18(24)12-7-9-21(10-8-12)16(22)11-25-17(23)6-5-15-20-13-3-1-2-4-14(13)26-15/h1-4,12H,5-11H2,(H2,19,24). The Labute approximate surface area is 150 Å². The Kier molecular flexibility index (Phi) is 5.50. The minimum absolute atomic E-state index is 0.0872. The molecule has 1 saturated heterocycles. The maximum absolute atomic E-state index is 12.1. The predicted octanol–water partition coefficient (Wildman–Crippen LogP) is 1.03. The Morgan fingerprint density at radius 3 is 2.65 bits per heavy atom. The van der Waals surface area contributed by atoms with Gasteiger partial charge in [0.2, 0.25) is 5.91 Å². The quantitative estimate of drug-likeness (QED) is 0.770. The Balaban J connectivity index is 1.40. The zero-order valence-electron chi connectivity index (χ0n) is 14.3. The van der Waals surface area contributed by atoms with Crippen LogP contribution in [-0.4, -0.2) is 47.4 Å². The van der Waals surface area contributed by atoms with Crippen molar-refractivity contribution in [1.82, 2.24) is 9.88 Å². The highest BCUT2D eigenvalue weighted by Gasteiger charge is 2.26. The summed E-state index contributed by atoms with van der Waals surface area (Å²) in [6.45, 7) is 0.605. The first-order valence-corrected chi connectivity index (χ1v) is 8.60. The van der Waals surface area contributed by atoms with E-state index in [4.69, 9.17) is 14.9 Å². The molecule has 26 heavy (non-hydrogen) atoms. The highest BCUT2D eigenvalue weighted by Crippen LogP contribution is 2.17. The highest BCUT2D eigenvalue weighted by molar-refractivity contribution is 5.81. The van der Waals surface area contributed by atoms with E-state index in [0.717, 1.165) is 5.52 Å². The summed E-state index contributed by atoms with van der Waals surface area (Å²) in [6, 6.07) is 7.36. The molecule has 2 heterocycles. The van der Waals surface area contributed by atoms with E-state index in [1.165, 1.54) is 0 Å². The van der Waals surface area contributed by atoms with Gasteiger partial charge in [-0.05, 0) is 25.0 Å². The lowest BCUT2D eigenvalue weighted by Gasteiger charge is -2.30. The number of hydrogen-bond acceptors (Lipinski definition) is 6. The monoisotopic (exact) mass is 359 g/mol. The summed E-state index contributed by atoms with van der Waals surface area (Å²) in [5.41, 5.74) is 6.68. The first-order valence-electron chi connectivity index (χ1n) is 8.60. The Morgan fingerprint density at radius 2 is 1.96 bits per heavy atom. The van der Waals surface area contributed by atoms with E-state index >= 15 is 0 Å². The molecule has 0 saturated carbocycles. The molecule has 1 aromatic carbocycles. The van der Waals surface area contributed by atoms with Gasteiger partial charge in [0.15, 0.2) is 18.1 Å². The number of nitrogens with two attached hydrogens (primary N) is 1. The smallest absolute Gasteiger partial charge is 0.306 e. The van der Waals surface area contributed by atoms with Crippen molar-refractivity contribution in [2.75, 3.05) is 19.7 Å². The molecule has 1 fully saturated rings. The molecular formula is C18H21N3O5. The van der Waals surface area contributed by atoms with Gasteiger partial charge in [-0.1, -0.05) is 12.1 Å². The number of para-hydroxylation sites is 2. The lowest BCUT2D eigenvalue weighted by molar-refractivity contribution is -0.152. The number of carbonyl (C=O) groups excluding carboxylic acids is 3. The molecular weight excluding hydrogens is 338 g/mol. The van der Waals surface area contributed by atoms with Gasteiger partial charge in [-0.2, -0.15) is 0 Å². The Hall–Kier alpha value is -2.90. The van der Waals surface area contributed by atoms with E-state index < -0.39 is 5.97 Å². The molecule has 0 aliphatic carbocycles. The molecule has 3 rings (SSSR count). The molecule has 1 aliphatic heterocycles. The number of rotatable bonds is 6. The van der Waals surface area contributed by atoms with E-state index in [0.29, 0.717) is 43.8 Å². The van der Waals surface area contributed by atoms with Crippen molar-refractivity contribution in [1.29, 1.82) is 0 Å². The maximum Gasteiger partial charge on any atom is 0.306 e. The fraction of sp³-hybridized carbons (Fsp3) is 0.444. The van der Waals surface area contributed by atoms with Crippen LogP contribution in [0.1, 0.15) is 25.2 Å². The van der Waals surface area contributed by atoms with Gasteiger partial charge in [0.05, 0.1) is 6.42 Å². The number of amides is 2. The second-order valence-electron chi connectivity index (χ2n) is 6.29. The molecule has 0 bridgehead atoms. The number of likely N-dealkylation sites (tertiary alicyclic amines) is 1. The lowest BCUT2D eigenvalue weighted by Crippen LogP contribution is -2.43. The van der Waals surface area contributed by atoms with E-state index in [2.05, 4.69) is 4.98 Å². The summed E-state index contributed by atoms with van der Waals surface area (Å²) in [4.78, 5) is 40.9. The number of fused-ring (bicyclic) bond motifs is 1. The number of carbonyl (C=O) groups is 3. The number of ether oxygens (including phenoxy) is 1. The van der Waals surface area contributed by atoms with Crippen molar-refractivity contribution in [3.63, 3.8) is 0 Å². The fourth-order valence-electron chi connectivity index (χ4n) is 2.95. The minimum Gasteiger partial charge on any atom is -0.456 e. The van der Waals surface area contributed by atoms with Crippen LogP contribution in [0.5, 0.6) is 0 Å². The van der Waals surface area contributed by atoms with Crippen molar-refractivity contribution in [2.24, 2.45) is 11.7 Å². The first kappa shape index (κ1) is 17.9. The molecule has 0 atom stereocenters. The number of benzene rings is 1. The molecule has 1 aliphatic rings. The number of primary amides is 1. The topological polar surface area (TPSA) is 116 Å². The van der Waals surface area contributed by atoms with Gasteiger partial charge >= 0.3 is 5.97 Å². The predicted molar refractivity (Wildman–Crippen MR) is 91.8 cm³/mol. The molecule has 0 unspecified atom stereocenters. The Bertz CT molecular complexity index is 775. The van der Waals surface area contributed by atoms with Gasteiger partial charge in [0.1, 0.15) is 5.52 Å². The first-order chi connectivity index (χ1) is 12.5. The molecule has 0 radical (unpaired) electrons. The van der Waals surface area contributed by atoms with Gasteiger partial charge in [-0.15, -0.1) is 0 Å². The van der Waals surface area contributed by atoms with Gasteiger partial charge < -0.3 is 19.8 Å². The fourth-order valence-corrected chi connectivity index (χ4v) is 2.95. The summed E-state index contributed by atoms with van der Waals surface area (Å²) in [6.07, 6.45) is 1.50. The zero-order chi connectivity index (χ0) is 18.5. The van der Waals surface area contributed by atoms with Crippen LogP contribution in [0, 0.1) is 5.92 Å². The second-order valence-corrected chi connectivity index (χ2v) is 6.29. The summed E-state index contributed by atoms with van der Waals surface area (Å²) in [5, 5.41) is 0. The minimum atomic E-state index is -0.479. The van der Waals surface area contributed by atoms with E-state index in [9.17, 15) is 14.4 Å². The summed E-state index contributed by atoms with van der Waals surface area (Å²) >= 11 is 0. The van der Waals surface area contributed by atoms with Gasteiger partial charge in [-0.25, -0.2) is 4.98 Å². The number of hydrogen-bond donors (Lipinski definition) is 1. The van der Waals surface area contributed by atoms with Crippen LogP contribution < -0.4 is 5.73 Å². The van der Waals surface area contributed by atoms with Crippen LogP contribution in [0.4, 0.5) is 0 Å². The largest absolute Gasteiger partial charge is 0.456 e. The van der Waals surface area contributed by atoms with Crippen LogP contribution in [0.25, 0.3) is 11.1 Å². The van der Waals surface area contributed by atoms with Gasteiger partial charge in [0.25, 0.3) is 5.91 Å². The van der Waals surface area contributed by atoms with Crippen LogP contribution >= 0.6 is 0 Å². The third kappa shape index (κ3) is 4.38. The Morgan fingerprint density at radius 1 is 1.23 bits per heavy atom. The molecule has 2 aromatic rings. The van der Waals surface area contributed by atoms with Crippen LogP contribution in [0.3, 0.4) is 0 Å². The normalized spacial score (nSPS) is 15.2.